The Hall–Kier alpha value is -1.77. The molecule has 0 fully saturated rings. The second-order valence-electron chi connectivity index (χ2n) is 3.07. The van der Waals surface area contributed by atoms with Crippen molar-refractivity contribution >= 4 is 0 Å². The molecule has 1 heterocycles. The second-order valence-corrected chi connectivity index (χ2v) is 3.07. The number of nitrogens with zero attached hydrogens (tertiary/aromatic N) is 1. The molecule has 0 aliphatic heterocycles. The summed E-state index contributed by atoms with van der Waals surface area (Å²) in [4.78, 5) is 0. The third kappa shape index (κ3) is 1.76. The predicted octanol–water partition coefficient (Wildman–Crippen LogP) is 2.01. The van der Waals surface area contributed by atoms with Crippen molar-refractivity contribution in [2.24, 2.45) is 0 Å². The van der Waals surface area contributed by atoms with Crippen molar-refractivity contribution in [3.63, 3.8) is 0 Å². The minimum Gasteiger partial charge on any atom is -0.496 e. The molecule has 2 rings (SSSR count). The van der Waals surface area contributed by atoms with Crippen molar-refractivity contribution in [1.82, 2.24) is 10.2 Å². The van der Waals surface area contributed by atoms with Crippen molar-refractivity contribution in [3.05, 3.63) is 47.8 Å². The normalized spacial score (nSPS) is 10.1. The number of hydrogen-bond acceptors (Lipinski definition) is 2. The van der Waals surface area contributed by atoms with Gasteiger partial charge in [0.25, 0.3) is 0 Å². The van der Waals surface area contributed by atoms with Crippen LogP contribution in [0.5, 0.6) is 5.75 Å². The number of ether oxygens (including phenoxy) is 1. The summed E-state index contributed by atoms with van der Waals surface area (Å²) >= 11 is 0. The predicted molar refractivity (Wildman–Crippen MR) is 54.4 cm³/mol. The molecule has 3 nitrogen and oxygen atoms in total. The molecule has 0 unspecified atom stereocenters. The van der Waals surface area contributed by atoms with Crippen LogP contribution < -0.4 is 4.74 Å². The summed E-state index contributed by atoms with van der Waals surface area (Å²) in [5.41, 5.74) is 2.26. The number of aromatic amines is 1. The summed E-state index contributed by atoms with van der Waals surface area (Å²) in [7, 11) is 1.69. The van der Waals surface area contributed by atoms with E-state index in [9.17, 15) is 0 Å². The average Bonchev–Trinajstić information content (AvgIpc) is 2.71. The van der Waals surface area contributed by atoms with Crippen LogP contribution in [0.25, 0.3) is 0 Å². The number of methoxy groups -OCH3 is 1. The van der Waals surface area contributed by atoms with Crippen LogP contribution in [-0.4, -0.2) is 17.3 Å². The lowest BCUT2D eigenvalue weighted by molar-refractivity contribution is 0.410. The smallest absolute Gasteiger partial charge is 0.122 e. The first-order valence-corrected chi connectivity index (χ1v) is 4.50. The van der Waals surface area contributed by atoms with Crippen LogP contribution in [0.15, 0.2) is 36.5 Å². The number of H-pyrrole nitrogens is 1. The standard InChI is InChI=1S/C11H12N2O/c1-14-11-5-3-2-4-9(11)8-10-6-7-12-13-10/h2-7H,8H2,1H3,(H,12,13). The van der Waals surface area contributed by atoms with Crippen molar-refractivity contribution in [2.45, 2.75) is 6.42 Å². The molecule has 3 heteroatoms. The number of para-hydroxylation sites is 1. The average molecular weight is 188 g/mol. The lowest BCUT2D eigenvalue weighted by atomic mass is 10.1. The zero-order chi connectivity index (χ0) is 9.80. The van der Waals surface area contributed by atoms with Gasteiger partial charge in [-0.1, -0.05) is 18.2 Å². The van der Waals surface area contributed by atoms with Gasteiger partial charge in [-0.05, 0) is 12.1 Å². The van der Waals surface area contributed by atoms with E-state index in [2.05, 4.69) is 16.3 Å². The number of rotatable bonds is 3. The van der Waals surface area contributed by atoms with Crippen LogP contribution in [0.1, 0.15) is 11.3 Å². The Bertz CT molecular complexity index is 395. The number of nitrogens with one attached hydrogen (secondary N) is 1. The van der Waals surface area contributed by atoms with E-state index in [-0.39, 0.29) is 0 Å². The molecule has 0 atom stereocenters. The molecule has 0 saturated heterocycles. The molecule has 0 aliphatic carbocycles. The Labute approximate surface area is 82.7 Å². The van der Waals surface area contributed by atoms with Crippen molar-refractivity contribution in [2.75, 3.05) is 7.11 Å². The first kappa shape index (κ1) is 8.81. The van der Waals surface area contributed by atoms with Gasteiger partial charge in [0.1, 0.15) is 5.75 Å². The number of hydrogen-bond donors (Lipinski definition) is 1. The second kappa shape index (κ2) is 3.96. The quantitative estimate of drug-likeness (QED) is 0.800. The van der Waals surface area contributed by atoms with Crippen molar-refractivity contribution in [1.29, 1.82) is 0 Å². The summed E-state index contributed by atoms with van der Waals surface area (Å²) in [6.45, 7) is 0. The topological polar surface area (TPSA) is 37.9 Å². The van der Waals surface area contributed by atoms with E-state index in [0.717, 1.165) is 17.9 Å². The first-order valence-electron chi connectivity index (χ1n) is 4.50. The highest BCUT2D eigenvalue weighted by Crippen LogP contribution is 2.19. The molecule has 14 heavy (non-hydrogen) atoms. The van der Waals surface area contributed by atoms with Gasteiger partial charge in [0.2, 0.25) is 0 Å². The Morgan fingerprint density at radius 3 is 2.86 bits per heavy atom. The fraction of sp³-hybridized carbons (Fsp3) is 0.182. The largest absolute Gasteiger partial charge is 0.496 e. The maximum atomic E-state index is 5.26. The van der Waals surface area contributed by atoms with Crippen molar-refractivity contribution < 1.29 is 4.74 Å². The third-order valence-electron chi connectivity index (χ3n) is 2.13. The maximum absolute atomic E-state index is 5.26. The highest BCUT2D eigenvalue weighted by Gasteiger charge is 2.02. The number of aromatic nitrogens is 2. The Morgan fingerprint density at radius 1 is 1.29 bits per heavy atom. The summed E-state index contributed by atoms with van der Waals surface area (Å²) < 4.78 is 5.26. The van der Waals surface area contributed by atoms with Crippen LogP contribution in [0.2, 0.25) is 0 Å². The Balaban J connectivity index is 2.24. The number of benzene rings is 1. The van der Waals surface area contributed by atoms with Gasteiger partial charge in [-0.15, -0.1) is 0 Å². The van der Waals surface area contributed by atoms with Crippen LogP contribution in [0.3, 0.4) is 0 Å². The molecule has 0 saturated carbocycles. The van der Waals surface area contributed by atoms with E-state index in [0.29, 0.717) is 0 Å². The van der Waals surface area contributed by atoms with Gasteiger partial charge in [-0.2, -0.15) is 5.10 Å². The van der Waals surface area contributed by atoms with E-state index in [1.165, 1.54) is 5.56 Å². The molecule has 72 valence electrons. The first-order chi connectivity index (χ1) is 6.90. The van der Waals surface area contributed by atoms with Crippen LogP contribution in [0.4, 0.5) is 0 Å². The minimum absolute atomic E-state index is 0.823. The Kier molecular flexibility index (Phi) is 2.49. The highest BCUT2D eigenvalue weighted by molar-refractivity contribution is 5.35. The molecular weight excluding hydrogens is 176 g/mol. The third-order valence-corrected chi connectivity index (χ3v) is 2.13. The van der Waals surface area contributed by atoms with E-state index >= 15 is 0 Å². The maximum Gasteiger partial charge on any atom is 0.122 e. The van der Waals surface area contributed by atoms with Gasteiger partial charge in [0, 0.05) is 23.9 Å². The lowest BCUT2D eigenvalue weighted by Gasteiger charge is -2.06. The monoisotopic (exact) mass is 188 g/mol. The van der Waals surface area contributed by atoms with Crippen LogP contribution >= 0.6 is 0 Å². The van der Waals surface area contributed by atoms with Crippen LogP contribution in [-0.2, 0) is 6.42 Å². The zero-order valence-electron chi connectivity index (χ0n) is 8.03. The molecule has 1 aromatic heterocycles. The van der Waals surface area contributed by atoms with E-state index in [4.69, 9.17) is 4.74 Å². The molecule has 0 amide bonds. The summed E-state index contributed by atoms with van der Waals surface area (Å²) in [5, 5.41) is 6.84. The van der Waals surface area contributed by atoms with Gasteiger partial charge in [-0.3, -0.25) is 5.10 Å². The molecule has 0 spiro atoms. The molecule has 0 bridgehead atoms. The van der Waals surface area contributed by atoms with E-state index in [1.54, 1.807) is 13.3 Å². The Morgan fingerprint density at radius 2 is 2.14 bits per heavy atom. The van der Waals surface area contributed by atoms with E-state index < -0.39 is 0 Å². The van der Waals surface area contributed by atoms with Gasteiger partial charge in [0.05, 0.1) is 7.11 Å². The summed E-state index contributed by atoms with van der Waals surface area (Å²) in [5.74, 6) is 0.919. The fourth-order valence-corrected chi connectivity index (χ4v) is 1.44. The van der Waals surface area contributed by atoms with Gasteiger partial charge < -0.3 is 4.74 Å². The zero-order valence-corrected chi connectivity index (χ0v) is 8.03. The van der Waals surface area contributed by atoms with E-state index in [1.807, 2.05) is 24.3 Å². The summed E-state index contributed by atoms with van der Waals surface area (Å²) in [6, 6.07) is 9.96. The van der Waals surface area contributed by atoms with Gasteiger partial charge in [0.15, 0.2) is 0 Å². The molecule has 0 radical (unpaired) electrons. The molecule has 2 aromatic rings. The molecule has 1 N–H and O–H groups in total. The van der Waals surface area contributed by atoms with Crippen LogP contribution in [0, 0.1) is 0 Å². The highest BCUT2D eigenvalue weighted by atomic mass is 16.5. The van der Waals surface area contributed by atoms with Gasteiger partial charge >= 0.3 is 0 Å². The minimum atomic E-state index is 0.823. The summed E-state index contributed by atoms with van der Waals surface area (Å²) in [6.07, 6.45) is 2.58. The van der Waals surface area contributed by atoms with Crippen molar-refractivity contribution in [3.8, 4) is 5.75 Å². The molecule has 1 aromatic carbocycles. The molecular formula is C11H12N2O. The lowest BCUT2D eigenvalue weighted by Crippen LogP contribution is -1.93. The fourth-order valence-electron chi connectivity index (χ4n) is 1.44. The van der Waals surface area contributed by atoms with Gasteiger partial charge in [-0.25, -0.2) is 0 Å². The molecule has 0 aliphatic rings. The SMILES string of the molecule is COc1ccccc1Cc1ccn[nH]1.